The summed E-state index contributed by atoms with van der Waals surface area (Å²) in [5, 5.41) is 47.0. The zero-order chi connectivity index (χ0) is 27.3. The Hall–Kier alpha value is -4.58. The van der Waals surface area contributed by atoms with Gasteiger partial charge >= 0.3 is 0 Å². The molecule has 1 fully saturated rings. The van der Waals surface area contributed by atoms with Crippen molar-refractivity contribution in [1.82, 2.24) is 34.7 Å². The maximum Gasteiger partial charge on any atom is 0.217 e. The third-order valence-corrected chi connectivity index (χ3v) is 7.36. The summed E-state index contributed by atoms with van der Waals surface area (Å²) in [7, 11) is 0. The fourth-order valence-electron chi connectivity index (χ4n) is 4.81. The molecule has 4 aromatic heterocycles. The van der Waals surface area contributed by atoms with E-state index < -0.39 is 5.82 Å². The summed E-state index contributed by atoms with van der Waals surface area (Å²) in [6.07, 6.45) is 9.06. The smallest absolute Gasteiger partial charge is 0.217 e. The molecule has 0 radical (unpaired) electrons. The molecule has 13 heteroatoms. The van der Waals surface area contributed by atoms with Gasteiger partial charge in [0.25, 0.3) is 0 Å². The lowest BCUT2D eigenvalue weighted by atomic mass is 10.0. The fraction of sp³-hybridized carbons (Fsp3) is 0.231. The second-order valence-corrected chi connectivity index (χ2v) is 10.0. The van der Waals surface area contributed by atoms with Gasteiger partial charge in [0.2, 0.25) is 5.69 Å². The van der Waals surface area contributed by atoms with Crippen LogP contribution in [0.2, 0.25) is 5.02 Å². The topological polar surface area (TPSA) is 137 Å². The normalized spacial score (nSPS) is 14.0. The van der Waals surface area contributed by atoms with Crippen LogP contribution < -0.4 is 10.2 Å². The summed E-state index contributed by atoms with van der Waals surface area (Å²) in [5.41, 5.74) is 3.19. The number of aromatic nitrogens is 8. The van der Waals surface area contributed by atoms with Gasteiger partial charge in [0.1, 0.15) is 12.4 Å². The highest BCUT2D eigenvalue weighted by Gasteiger charge is 2.32. The van der Waals surface area contributed by atoms with Crippen molar-refractivity contribution in [3.8, 4) is 27.9 Å². The van der Waals surface area contributed by atoms with Gasteiger partial charge in [-0.15, -0.1) is 5.10 Å². The minimum Gasteiger partial charge on any atom is -0.618 e. The van der Waals surface area contributed by atoms with Gasteiger partial charge in [-0.1, -0.05) is 24.4 Å². The van der Waals surface area contributed by atoms with E-state index in [0.717, 1.165) is 39.9 Å². The number of hydrogen-bond acceptors (Lipinski definition) is 7. The van der Waals surface area contributed by atoms with Crippen LogP contribution in [0, 0.1) is 29.3 Å². The van der Waals surface area contributed by atoms with E-state index in [1.807, 2.05) is 6.20 Å². The van der Waals surface area contributed by atoms with E-state index in [0.29, 0.717) is 28.6 Å². The predicted octanol–water partition coefficient (Wildman–Crippen LogP) is 3.83. The first-order valence-electron chi connectivity index (χ1n) is 12.3. The van der Waals surface area contributed by atoms with Crippen LogP contribution in [0.4, 0.5) is 4.39 Å². The van der Waals surface area contributed by atoms with Crippen LogP contribution in [-0.2, 0) is 0 Å². The Morgan fingerprint density at radius 1 is 1.21 bits per heavy atom. The molecular formula is C26H23ClFN9O2. The van der Waals surface area contributed by atoms with Gasteiger partial charge in [0.15, 0.2) is 17.5 Å². The van der Waals surface area contributed by atoms with E-state index in [2.05, 4.69) is 20.6 Å². The van der Waals surface area contributed by atoms with Crippen molar-refractivity contribution < 1.29 is 14.3 Å². The minimum absolute atomic E-state index is 0.0258. The third kappa shape index (κ3) is 4.52. The highest BCUT2D eigenvalue weighted by molar-refractivity contribution is 6.31. The van der Waals surface area contributed by atoms with Crippen LogP contribution in [0.15, 0.2) is 61.3 Å². The summed E-state index contributed by atoms with van der Waals surface area (Å²) in [6, 6.07) is 9.27. The van der Waals surface area contributed by atoms with Crippen molar-refractivity contribution in [3.05, 3.63) is 94.2 Å². The summed E-state index contributed by atoms with van der Waals surface area (Å²) < 4.78 is 19.9. The highest BCUT2D eigenvalue weighted by Crippen LogP contribution is 2.39. The Morgan fingerprint density at radius 3 is 2.74 bits per heavy atom. The predicted molar refractivity (Wildman–Crippen MR) is 137 cm³/mol. The van der Waals surface area contributed by atoms with Crippen LogP contribution in [0.1, 0.15) is 36.7 Å². The SMILES string of the molecule is Cc1c(-c2cnn(C(CC3CC3)c3ccc(-c4c(-n5cnnn5)ccc(Cl)c4F)c[n+]3[O-])c2)ccc(=N)n1O. The summed E-state index contributed by atoms with van der Waals surface area (Å²) in [5.74, 6) is -0.207. The first-order chi connectivity index (χ1) is 18.8. The first-order valence-corrected chi connectivity index (χ1v) is 12.7. The minimum atomic E-state index is -0.682. The molecule has 5 aromatic rings. The number of halogens is 2. The average molecular weight is 548 g/mol. The third-order valence-electron chi connectivity index (χ3n) is 7.07. The van der Waals surface area contributed by atoms with Crippen molar-refractivity contribution in [3.63, 3.8) is 0 Å². The van der Waals surface area contributed by atoms with Crippen molar-refractivity contribution in [2.45, 2.75) is 32.2 Å². The Morgan fingerprint density at radius 2 is 2.03 bits per heavy atom. The van der Waals surface area contributed by atoms with Crippen molar-refractivity contribution in [2.75, 3.05) is 0 Å². The Labute approximate surface area is 226 Å². The van der Waals surface area contributed by atoms with Gasteiger partial charge < -0.3 is 10.4 Å². The molecular weight excluding hydrogens is 525 g/mol. The number of benzene rings is 1. The number of tetrazole rings is 1. The molecule has 1 unspecified atom stereocenters. The summed E-state index contributed by atoms with van der Waals surface area (Å²) >= 11 is 6.09. The van der Waals surface area contributed by atoms with Gasteiger partial charge in [0, 0.05) is 23.4 Å². The average Bonchev–Trinajstić information content (AvgIpc) is 3.36. The van der Waals surface area contributed by atoms with Crippen LogP contribution in [0.25, 0.3) is 27.9 Å². The van der Waals surface area contributed by atoms with E-state index in [-0.39, 0.29) is 22.1 Å². The Kier molecular flexibility index (Phi) is 6.10. The number of hydrogen-bond donors (Lipinski definition) is 2. The molecule has 1 aliphatic rings. The molecule has 1 saturated carbocycles. The van der Waals surface area contributed by atoms with Crippen LogP contribution in [-0.4, -0.2) is 39.9 Å². The van der Waals surface area contributed by atoms with E-state index in [4.69, 9.17) is 17.0 Å². The molecule has 1 atom stereocenters. The lowest BCUT2D eigenvalue weighted by Crippen LogP contribution is -2.35. The van der Waals surface area contributed by atoms with Crippen molar-refractivity contribution >= 4 is 11.6 Å². The fourth-order valence-corrected chi connectivity index (χ4v) is 4.97. The van der Waals surface area contributed by atoms with Crippen molar-refractivity contribution in [2.24, 2.45) is 5.92 Å². The zero-order valence-corrected chi connectivity index (χ0v) is 21.5. The molecule has 2 N–H and O–H groups in total. The molecule has 0 saturated heterocycles. The quantitative estimate of drug-likeness (QED) is 0.180. The van der Waals surface area contributed by atoms with E-state index in [9.17, 15) is 10.4 Å². The molecule has 0 aliphatic heterocycles. The standard InChI is InChI=1S/C26H23ClFN9O2/c1-15-19(5-9-24(29)37(15)39)18-11-31-34(12-18)23(10-16-2-3-16)21-7-4-17(13-36(21)38)25-22(35-14-30-32-33-35)8-6-20(27)26(25)28/h4-9,11-14,16,23,29,39H,2-3,10H2,1H3. The molecule has 39 heavy (non-hydrogen) atoms. The highest BCUT2D eigenvalue weighted by atomic mass is 35.5. The molecule has 0 amide bonds. The molecule has 0 spiro atoms. The second kappa shape index (κ2) is 9.62. The second-order valence-electron chi connectivity index (χ2n) is 9.61. The Balaban J connectivity index is 1.41. The van der Waals surface area contributed by atoms with Gasteiger partial charge in [-0.2, -0.15) is 19.2 Å². The lowest BCUT2D eigenvalue weighted by molar-refractivity contribution is -0.615. The molecule has 6 rings (SSSR count). The molecule has 11 nitrogen and oxygen atoms in total. The molecule has 1 aliphatic carbocycles. The maximum atomic E-state index is 15.3. The van der Waals surface area contributed by atoms with E-state index >= 15 is 4.39 Å². The van der Waals surface area contributed by atoms with Gasteiger partial charge in [0.05, 0.1) is 33.7 Å². The van der Waals surface area contributed by atoms with Crippen LogP contribution >= 0.6 is 11.6 Å². The zero-order valence-electron chi connectivity index (χ0n) is 20.7. The number of pyridine rings is 2. The van der Waals surface area contributed by atoms with Crippen molar-refractivity contribution in [1.29, 1.82) is 5.41 Å². The van der Waals surface area contributed by atoms with Gasteiger partial charge in [-0.05, 0) is 60.0 Å². The lowest BCUT2D eigenvalue weighted by Gasteiger charge is -2.18. The van der Waals surface area contributed by atoms with E-state index in [1.54, 1.807) is 42.1 Å². The number of nitrogens with zero attached hydrogens (tertiary/aromatic N) is 8. The number of rotatable bonds is 7. The van der Waals surface area contributed by atoms with Gasteiger partial charge in [-0.25, -0.2) is 4.39 Å². The maximum absolute atomic E-state index is 15.3. The molecule has 1 aromatic carbocycles. The first kappa shape index (κ1) is 24.7. The molecule has 198 valence electrons. The number of nitrogens with one attached hydrogen (secondary N) is 1. The Bertz CT molecular complexity index is 1750. The van der Waals surface area contributed by atoms with Gasteiger partial charge in [-0.3, -0.25) is 10.1 Å². The molecule has 0 bridgehead atoms. The summed E-state index contributed by atoms with van der Waals surface area (Å²) in [6.45, 7) is 1.72. The van der Waals surface area contributed by atoms with Crippen LogP contribution in [0.3, 0.4) is 0 Å². The summed E-state index contributed by atoms with van der Waals surface area (Å²) in [4.78, 5) is 0. The van der Waals surface area contributed by atoms with Crippen LogP contribution in [0.5, 0.6) is 0 Å². The van der Waals surface area contributed by atoms with E-state index in [1.165, 1.54) is 29.3 Å². The largest absolute Gasteiger partial charge is 0.618 e. The monoisotopic (exact) mass is 547 g/mol. The molecule has 4 heterocycles.